The first kappa shape index (κ1) is 31.1. The molecule has 8 N–H and O–H groups in total. The van der Waals surface area contributed by atoms with Gasteiger partial charge in [-0.1, -0.05) is 24.3 Å². The lowest BCUT2D eigenvalue weighted by molar-refractivity contribution is 0.0680. The molecule has 0 bridgehead atoms. The number of aromatic amines is 4. The Balaban J connectivity index is 1.71. The fraction of sp³-hybridized carbons (Fsp3) is 0. The van der Waals surface area contributed by atoms with Crippen LogP contribution in [0.4, 0.5) is 22.7 Å². The van der Waals surface area contributed by atoms with E-state index in [2.05, 4.69) is 30.7 Å². The molecule has 4 rings (SSSR count). The van der Waals surface area contributed by atoms with Crippen LogP contribution in [-0.4, -0.2) is 68.5 Å². The van der Waals surface area contributed by atoms with E-state index in [0.29, 0.717) is 0 Å². The van der Waals surface area contributed by atoms with E-state index in [0.717, 1.165) is 36.4 Å². The van der Waals surface area contributed by atoms with Crippen molar-refractivity contribution in [3.8, 4) is 0 Å². The molecular formula is C22H16N8O12S2. The predicted octanol–water partition coefficient (Wildman–Crippen LogP) is 2.61. The van der Waals surface area contributed by atoms with Crippen LogP contribution in [0.5, 0.6) is 0 Å². The Morgan fingerprint density at radius 1 is 0.614 bits per heavy atom. The molecule has 0 amide bonds. The molecule has 0 aliphatic heterocycles. The maximum atomic E-state index is 12.1. The zero-order valence-electron chi connectivity index (χ0n) is 21.3. The number of nitrogens with zero attached hydrogens (tertiary/aromatic N) is 4. The molecular weight excluding hydrogens is 632 g/mol. The summed E-state index contributed by atoms with van der Waals surface area (Å²) in [5.74, 6) is -3.06. The van der Waals surface area contributed by atoms with E-state index in [4.69, 9.17) is 10.2 Å². The zero-order chi connectivity index (χ0) is 32.4. The molecule has 0 radical (unpaired) electrons. The van der Waals surface area contributed by atoms with Gasteiger partial charge in [0.1, 0.15) is 9.79 Å². The first-order valence-corrected chi connectivity index (χ1v) is 14.3. The number of benzene rings is 2. The van der Waals surface area contributed by atoms with E-state index < -0.39 is 75.8 Å². The Labute approximate surface area is 243 Å². The smallest absolute Gasteiger partial charge is 0.356 e. The third-order valence-corrected chi connectivity index (χ3v) is 7.28. The number of rotatable bonds is 10. The molecule has 22 heteroatoms. The number of aromatic nitrogens is 4. The molecule has 2 heterocycles. The quantitative estimate of drug-likeness (QED) is 0.0698. The highest BCUT2D eigenvalue weighted by molar-refractivity contribution is 7.86. The van der Waals surface area contributed by atoms with Crippen LogP contribution < -0.4 is 11.1 Å². The van der Waals surface area contributed by atoms with Crippen LogP contribution in [0.1, 0.15) is 32.1 Å². The summed E-state index contributed by atoms with van der Waals surface area (Å²) in [6.45, 7) is 0. The van der Waals surface area contributed by atoms with Crippen LogP contribution in [-0.2, 0) is 20.2 Å². The standard InChI is InChI=1S/C22H16N8O12S2/c31-19-15(17(21(33)34)27-29-19)25-23-11-5-3-9(13(7-11)43(37,38)39)1-2-10-4-6-12(8-14(10)44(40,41)42)24-26-16-18(22(35)36)28-30-20(16)32/h1-8H,(H,33,34)(H,35,36)(H2,27,29,31)(H2,28,30,32)(H,37,38,39)(H,40,41,42). The van der Waals surface area contributed by atoms with E-state index in [1.165, 1.54) is 12.1 Å². The van der Waals surface area contributed by atoms with Crippen LogP contribution in [0, 0.1) is 0 Å². The first-order chi connectivity index (χ1) is 20.6. The van der Waals surface area contributed by atoms with Gasteiger partial charge in [0.25, 0.3) is 31.4 Å². The van der Waals surface area contributed by atoms with Gasteiger partial charge in [0, 0.05) is 0 Å². The number of carboxylic acids is 2. The number of nitrogens with one attached hydrogen (secondary N) is 4. The molecule has 4 aromatic rings. The predicted molar refractivity (Wildman–Crippen MR) is 147 cm³/mol. The summed E-state index contributed by atoms with van der Waals surface area (Å²) in [6.07, 6.45) is 2.13. The third-order valence-electron chi connectivity index (χ3n) is 5.46. The monoisotopic (exact) mass is 648 g/mol. The van der Waals surface area contributed by atoms with Gasteiger partial charge < -0.3 is 10.2 Å². The molecule has 44 heavy (non-hydrogen) atoms. The molecule has 0 aliphatic carbocycles. The topological polar surface area (TPSA) is 330 Å². The van der Waals surface area contributed by atoms with Crippen molar-refractivity contribution in [3.05, 3.63) is 79.6 Å². The van der Waals surface area contributed by atoms with Gasteiger partial charge in [-0.3, -0.25) is 39.1 Å². The van der Waals surface area contributed by atoms with Gasteiger partial charge in [0.05, 0.1) is 11.4 Å². The number of azo groups is 2. The van der Waals surface area contributed by atoms with Crippen molar-refractivity contribution in [2.75, 3.05) is 0 Å². The number of H-pyrrole nitrogens is 4. The van der Waals surface area contributed by atoms with Crippen LogP contribution in [0.25, 0.3) is 12.2 Å². The average Bonchev–Trinajstić information content (AvgIpc) is 3.50. The second-order valence-corrected chi connectivity index (χ2v) is 11.1. The first-order valence-electron chi connectivity index (χ1n) is 11.4. The van der Waals surface area contributed by atoms with Gasteiger partial charge in [0.15, 0.2) is 22.8 Å². The summed E-state index contributed by atoms with van der Waals surface area (Å²) in [4.78, 5) is 44.4. The van der Waals surface area contributed by atoms with Gasteiger partial charge in [-0.05, 0) is 35.4 Å². The van der Waals surface area contributed by atoms with E-state index in [1.54, 1.807) is 0 Å². The highest BCUT2D eigenvalue weighted by Gasteiger charge is 2.20. The summed E-state index contributed by atoms with van der Waals surface area (Å²) in [5.41, 5.74) is -5.16. The second-order valence-electron chi connectivity index (χ2n) is 8.34. The van der Waals surface area contributed by atoms with Crippen LogP contribution in [0.3, 0.4) is 0 Å². The van der Waals surface area contributed by atoms with Gasteiger partial charge in [0.2, 0.25) is 0 Å². The molecule has 0 spiro atoms. The molecule has 2 aromatic carbocycles. The van der Waals surface area contributed by atoms with Crippen molar-refractivity contribution in [3.63, 3.8) is 0 Å². The lowest BCUT2D eigenvalue weighted by atomic mass is 10.1. The Kier molecular flexibility index (Phi) is 8.34. The number of hydrogen-bond donors (Lipinski definition) is 8. The third kappa shape index (κ3) is 6.79. The molecule has 20 nitrogen and oxygen atoms in total. The van der Waals surface area contributed by atoms with Crippen LogP contribution >= 0.6 is 0 Å². The number of carbonyl (C=O) groups is 2. The van der Waals surface area contributed by atoms with Crippen molar-refractivity contribution < 1.29 is 45.7 Å². The van der Waals surface area contributed by atoms with E-state index in [9.17, 15) is 45.1 Å². The fourth-order valence-electron chi connectivity index (χ4n) is 3.49. The lowest BCUT2D eigenvalue weighted by Gasteiger charge is -2.06. The lowest BCUT2D eigenvalue weighted by Crippen LogP contribution is -2.02. The van der Waals surface area contributed by atoms with Crippen LogP contribution in [0.2, 0.25) is 0 Å². The maximum Gasteiger partial charge on any atom is 0.356 e. The molecule has 0 saturated carbocycles. The number of hydrogen-bond acceptors (Lipinski definition) is 12. The van der Waals surface area contributed by atoms with E-state index in [-0.39, 0.29) is 22.5 Å². The van der Waals surface area contributed by atoms with Crippen LogP contribution in [0.15, 0.2) is 76.2 Å². The average molecular weight is 649 g/mol. The normalized spacial score (nSPS) is 12.5. The fourth-order valence-corrected chi connectivity index (χ4v) is 4.90. The Hall–Kier alpha value is -5.84. The zero-order valence-corrected chi connectivity index (χ0v) is 22.9. The molecule has 2 aromatic heterocycles. The van der Waals surface area contributed by atoms with Gasteiger partial charge in [-0.15, -0.1) is 10.2 Å². The van der Waals surface area contributed by atoms with Crippen molar-refractivity contribution in [2.45, 2.75) is 9.79 Å². The van der Waals surface area contributed by atoms with E-state index in [1.807, 2.05) is 10.2 Å². The minimum absolute atomic E-state index is 0.199. The van der Waals surface area contributed by atoms with E-state index >= 15 is 0 Å². The van der Waals surface area contributed by atoms with Gasteiger partial charge in [-0.25, -0.2) is 9.59 Å². The molecule has 228 valence electrons. The Bertz CT molecular complexity index is 2080. The molecule has 0 aliphatic rings. The van der Waals surface area contributed by atoms with Crippen molar-refractivity contribution in [1.29, 1.82) is 0 Å². The highest BCUT2D eigenvalue weighted by atomic mass is 32.2. The van der Waals surface area contributed by atoms with Crippen molar-refractivity contribution >= 4 is 67.1 Å². The van der Waals surface area contributed by atoms with Crippen molar-refractivity contribution in [2.24, 2.45) is 20.5 Å². The molecule has 0 unspecified atom stereocenters. The van der Waals surface area contributed by atoms with Crippen molar-refractivity contribution in [1.82, 2.24) is 20.4 Å². The summed E-state index contributed by atoms with van der Waals surface area (Å²) in [7, 11) is -9.88. The minimum atomic E-state index is -4.94. The molecule has 0 fully saturated rings. The molecule has 0 saturated heterocycles. The molecule has 0 atom stereocenters. The summed E-state index contributed by atoms with van der Waals surface area (Å²) in [6, 6.07) is 6.28. The summed E-state index contributed by atoms with van der Waals surface area (Å²) >= 11 is 0. The van der Waals surface area contributed by atoms with Gasteiger partial charge in [-0.2, -0.15) is 27.1 Å². The highest BCUT2D eigenvalue weighted by Crippen LogP contribution is 2.29. The maximum absolute atomic E-state index is 12.1. The second kappa shape index (κ2) is 11.8. The summed E-state index contributed by atoms with van der Waals surface area (Å²) in [5, 5.41) is 40.7. The number of aromatic carboxylic acids is 2. The Morgan fingerprint density at radius 2 is 0.977 bits per heavy atom. The SMILES string of the molecule is O=C(O)c1[nH][nH]c(=O)c1N=Nc1ccc(C=Cc2ccc(N=Nc3c(C(=O)O)[nH][nH]c3=O)cc2S(=O)(=O)O)c(S(=O)(=O)O)c1. The van der Waals surface area contributed by atoms with Gasteiger partial charge >= 0.3 is 11.9 Å². The Morgan fingerprint density at radius 3 is 1.30 bits per heavy atom. The summed E-state index contributed by atoms with van der Waals surface area (Å²) < 4.78 is 67.8. The minimum Gasteiger partial charge on any atom is -0.476 e. The largest absolute Gasteiger partial charge is 0.476 e. The number of carboxylic acid groups (broad SMARTS) is 2.